The van der Waals surface area contributed by atoms with Gasteiger partial charge in [0, 0.05) is 19.3 Å². The molecule has 0 aliphatic carbocycles. The summed E-state index contributed by atoms with van der Waals surface area (Å²) in [5.74, 6) is -1.54. The van der Waals surface area contributed by atoms with E-state index in [1.54, 1.807) is 0 Å². The van der Waals surface area contributed by atoms with Crippen LogP contribution in [0, 0.1) is 0 Å². The molecular weight excluding hydrogens is 799 g/mol. The normalized spacial score (nSPS) is 13.8. The molecule has 2 unspecified atom stereocenters. The van der Waals surface area contributed by atoms with Crippen LogP contribution in [0.15, 0.2) is 109 Å². The largest absolute Gasteiger partial charge is 0.477 e. The summed E-state index contributed by atoms with van der Waals surface area (Å²) in [5, 5.41) is 9.65. The quantitative estimate of drug-likeness (QED) is 0.0214. The Balaban J connectivity index is 4.32. The van der Waals surface area contributed by atoms with E-state index in [0.29, 0.717) is 19.3 Å². The summed E-state index contributed by atoms with van der Waals surface area (Å²) in [6.07, 6.45) is 62.8. The number of hydrogen-bond acceptors (Lipinski definition) is 6. The minimum atomic E-state index is -0.886. The maximum absolute atomic E-state index is 12.8. The molecule has 2 atom stereocenters. The predicted molar refractivity (Wildman–Crippen MR) is 270 cm³/mol. The Hall–Kier alpha value is -4.01. The molecule has 0 aliphatic rings. The van der Waals surface area contributed by atoms with Gasteiger partial charge in [-0.1, -0.05) is 200 Å². The van der Waals surface area contributed by atoms with Crippen molar-refractivity contribution in [1.29, 1.82) is 0 Å². The number of allylic oxidation sites excluding steroid dienone is 18. The first-order chi connectivity index (χ1) is 31.1. The molecule has 0 rings (SSSR count). The fraction of sp³-hybridized carbons (Fsp3) is 0.625. The molecule has 64 heavy (non-hydrogen) atoms. The fourth-order valence-electron chi connectivity index (χ4n) is 6.78. The molecule has 0 aromatic heterocycles. The molecule has 0 aromatic carbocycles. The van der Waals surface area contributed by atoms with Crippen LogP contribution in [-0.2, 0) is 28.6 Å². The molecule has 0 saturated heterocycles. The van der Waals surface area contributed by atoms with Crippen LogP contribution in [0.2, 0.25) is 0 Å². The molecule has 0 aliphatic heterocycles. The lowest BCUT2D eigenvalue weighted by Crippen LogP contribution is -2.50. The molecule has 0 saturated carbocycles. The van der Waals surface area contributed by atoms with Gasteiger partial charge in [0.1, 0.15) is 6.61 Å². The summed E-state index contributed by atoms with van der Waals surface area (Å²) in [5.41, 5.74) is 0. The van der Waals surface area contributed by atoms with Crippen LogP contribution in [0.5, 0.6) is 0 Å². The number of rotatable bonds is 43. The van der Waals surface area contributed by atoms with Crippen LogP contribution < -0.4 is 0 Å². The lowest BCUT2D eigenvalue weighted by Gasteiger charge is -2.31. The highest BCUT2D eigenvalue weighted by molar-refractivity contribution is 5.72. The second-order valence-electron chi connectivity index (χ2n) is 17.5. The van der Waals surface area contributed by atoms with Crippen molar-refractivity contribution >= 4 is 17.9 Å². The van der Waals surface area contributed by atoms with Crippen molar-refractivity contribution < 1.29 is 38.2 Å². The molecule has 0 fully saturated rings. The number of ether oxygens (including phenoxy) is 3. The van der Waals surface area contributed by atoms with Gasteiger partial charge in [-0.3, -0.25) is 9.59 Å². The van der Waals surface area contributed by atoms with E-state index in [1.165, 1.54) is 70.6 Å². The van der Waals surface area contributed by atoms with Crippen molar-refractivity contribution in [3.63, 3.8) is 0 Å². The van der Waals surface area contributed by atoms with Crippen LogP contribution in [0.25, 0.3) is 0 Å². The number of carbonyl (C=O) groups excluding carboxylic acids is 2. The van der Waals surface area contributed by atoms with Crippen LogP contribution in [-0.4, -0.2) is 80.6 Å². The van der Waals surface area contributed by atoms with E-state index >= 15 is 0 Å². The van der Waals surface area contributed by atoms with E-state index in [0.717, 1.165) is 70.6 Å². The van der Waals surface area contributed by atoms with Crippen LogP contribution in [0.4, 0.5) is 0 Å². The Morgan fingerprint density at radius 2 is 0.906 bits per heavy atom. The SMILES string of the molecule is CC/C=C/C=C/C=C/C=C/C=C/C=C/CCCCCC(=O)OCC(COCCC(C(=O)O)[N+](C)(C)C)OC(=O)CCCCCCCCCCCCCCC/C=C/C/C=C/C/C=C/CC. The number of nitrogens with zero attached hydrogens (tertiary/aromatic N) is 1. The van der Waals surface area contributed by atoms with E-state index in [9.17, 15) is 19.5 Å². The highest BCUT2D eigenvalue weighted by atomic mass is 16.6. The van der Waals surface area contributed by atoms with Gasteiger partial charge in [-0.05, 0) is 64.2 Å². The van der Waals surface area contributed by atoms with Gasteiger partial charge in [0.2, 0.25) is 0 Å². The summed E-state index contributed by atoms with van der Waals surface area (Å²) in [4.78, 5) is 37.1. The van der Waals surface area contributed by atoms with Gasteiger partial charge >= 0.3 is 17.9 Å². The number of unbranched alkanes of at least 4 members (excludes halogenated alkanes) is 16. The minimum Gasteiger partial charge on any atom is -0.477 e. The van der Waals surface area contributed by atoms with Crippen molar-refractivity contribution in [1.82, 2.24) is 0 Å². The Morgan fingerprint density at radius 3 is 1.42 bits per heavy atom. The average molecular weight is 891 g/mol. The Labute approximate surface area is 391 Å². The van der Waals surface area contributed by atoms with Crippen LogP contribution in [0.3, 0.4) is 0 Å². The zero-order chi connectivity index (χ0) is 47.0. The van der Waals surface area contributed by atoms with Crippen molar-refractivity contribution in [2.75, 3.05) is 41.0 Å². The minimum absolute atomic E-state index is 0.0395. The van der Waals surface area contributed by atoms with Crippen molar-refractivity contribution in [2.24, 2.45) is 0 Å². The first-order valence-electron chi connectivity index (χ1n) is 25.0. The molecule has 362 valence electrons. The van der Waals surface area contributed by atoms with E-state index in [2.05, 4.69) is 62.5 Å². The zero-order valence-electron chi connectivity index (χ0n) is 41.2. The van der Waals surface area contributed by atoms with Crippen LogP contribution in [0.1, 0.15) is 174 Å². The topological polar surface area (TPSA) is 99.1 Å². The van der Waals surface area contributed by atoms with Gasteiger partial charge in [-0.25, -0.2) is 4.79 Å². The Kier molecular flexibility index (Phi) is 42.7. The summed E-state index contributed by atoms with van der Waals surface area (Å²) >= 11 is 0. The number of aliphatic carboxylic acids is 1. The number of carboxylic acids is 1. The lowest BCUT2D eigenvalue weighted by atomic mass is 10.0. The highest BCUT2D eigenvalue weighted by Crippen LogP contribution is 2.15. The molecule has 1 N–H and O–H groups in total. The van der Waals surface area contributed by atoms with Crippen molar-refractivity contribution in [2.45, 2.75) is 187 Å². The van der Waals surface area contributed by atoms with Crippen LogP contribution >= 0.6 is 0 Å². The fourth-order valence-corrected chi connectivity index (χ4v) is 6.78. The molecular formula is C56H92NO7+. The first-order valence-corrected chi connectivity index (χ1v) is 25.0. The van der Waals surface area contributed by atoms with E-state index in [1.807, 2.05) is 81.9 Å². The average Bonchev–Trinajstić information content (AvgIpc) is 3.26. The summed E-state index contributed by atoms with van der Waals surface area (Å²) in [6.45, 7) is 4.43. The monoisotopic (exact) mass is 891 g/mol. The Morgan fingerprint density at radius 1 is 0.484 bits per heavy atom. The number of likely N-dealkylation sites (N-methyl/N-ethyl adjacent to an activating group) is 1. The van der Waals surface area contributed by atoms with Gasteiger partial charge in [0.25, 0.3) is 0 Å². The third-order valence-corrected chi connectivity index (χ3v) is 10.6. The van der Waals surface area contributed by atoms with E-state index < -0.39 is 18.1 Å². The van der Waals surface area contributed by atoms with Gasteiger partial charge in [-0.2, -0.15) is 0 Å². The van der Waals surface area contributed by atoms with Crippen molar-refractivity contribution in [3.05, 3.63) is 109 Å². The smallest absolute Gasteiger partial charge is 0.362 e. The maximum atomic E-state index is 12.8. The predicted octanol–water partition coefficient (Wildman–Crippen LogP) is 14.4. The van der Waals surface area contributed by atoms with Gasteiger partial charge in [0.15, 0.2) is 12.1 Å². The number of esters is 2. The molecule has 0 aromatic rings. The number of quaternary nitrogens is 1. The molecule has 0 spiro atoms. The molecule has 0 amide bonds. The second kappa shape index (κ2) is 45.6. The number of carbonyl (C=O) groups is 3. The first kappa shape index (κ1) is 60.0. The Bertz CT molecular complexity index is 1410. The van der Waals surface area contributed by atoms with E-state index in [-0.39, 0.29) is 36.2 Å². The third-order valence-electron chi connectivity index (χ3n) is 10.6. The molecule has 8 nitrogen and oxygen atoms in total. The molecule has 0 bridgehead atoms. The maximum Gasteiger partial charge on any atom is 0.362 e. The molecule has 0 heterocycles. The van der Waals surface area contributed by atoms with Gasteiger partial charge < -0.3 is 23.8 Å². The van der Waals surface area contributed by atoms with Gasteiger partial charge in [-0.15, -0.1) is 0 Å². The van der Waals surface area contributed by atoms with Gasteiger partial charge in [0.05, 0.1) is 34.4 Å². The number of carboxylic acid groups (broad SMARTS) is 1. The standard InChI is InChI=1S/C56H91NO7/c1-6-8-10-12-14-16-18-20-22-24-25-26-27-28-29-31-33-35-37-39-41-43-45-47-55(59)64-52(50-62-49-48-53(56(60)61)57(3,4)5)51-63-54(58)46-44-42-40-38-36-34-32-30-23-21-19-17-15-13-11-9-7-2/h8-11,13-17,19-23,30,32,34,36,52-53H,6-7,12,18,24-29,31,33,35,37-51H2,1-5H3/p+1/b10-8+,11-9+,15-13+,16-14+,19-17+,22-20+,23-21+,32-30+,36-34+. The third kappa shape index (κ3) is 43.3. The number of hydrogen-bond donors (Lipinski definition) is 1. The highest BCUT2D eigenvalue weighted by Gasteiger charge is 2.31. The molecule has 0 radical (unpaired) electrons. The van der Waals surface area contributed by atoms with E-state index in [4.69, 9.17) is 14.2 Å². The lowest BCUT2D eigenvalue weighted by molar-refractivity contribution is -0.887. The van der Waals surface area contributed by atoms with Crippen molar-refractivity contribution in [3.8, 4) is 0 Å². The summed E-state index contributed by atoms with van der Waals surface area (Å²) in [7, 11) is 5.51. The zero-order valence-corrected chi connectivity index (χ0v) is 41.2. The molecule has 8 heteroatoms. The summed E-state index contributed by atoms with van der Waals surface area (Å²) in [6, 6.07) is -0.629. The summed E-state index contributed by atoms with van der Waals surface area (Å²) < 4.78 is 17.3. The second-order valence-corrected chi connectivity index (χ2v) is 17.5.